The van der Waals surface area contributed by atoms with Crippen molar-refractivity contribution in [2.24, 2.45) is 5.16 Å². The van der Waals surface area contributed by atoms with Gasteiger partial charge in [0.25, 0.3) is 0 Å². The first-order valence-electron chi connectivity index (χ1n) is 10.4. The fourth-order valence-electron chi connectivity index (χ4n) is 4.12. The van der Waals surface area contributed by atoms with Gasteiger partial charge in [-0.15, -0.1) is 0 Å². The van der Waals surface area contributed by atoms with Crippen molar-refractivity contribution in [3.05, 3.63) is 69.8 Å². The summed E-state index contributed by atoms with van der Waals surface area (Å²) in [5, 5.41) is 13.5. The number of nitrogens with zero attached hydrogens (tertiary/aromatic N) is 1. The van der Waals surface area contributed by atoms with Crippen LogP contribution in [0.25, 0.3) is 0 Å². The fourth-order valence-corrected chi connectivity index (χ4v) is 4.12. The van der Waals surface area contributed by atoms with E-state index in [4.69, 9.17) is 4.84 Å². The molecule has 1 aliphatic carbocycles. The molecule has 0 unspecified atom stereocenters. The van der Waals surface area contributed by atoms with E-state index in [-0.39, 0.29) is 19.1 Å². The normalized spacial score (nSPS) is 15.6. The number of rotatable bonds is 7. The van der Waals surface area contributed by atoms with E-state index in [1.54, 1.807) is 19.1 Å². The van der Waals surface area contributed by atoms with Crippen LogP contribution in [-0.2, 0) is 30.6 Å². The Labute approximate surface area is 175 Å². The van der Waals surface area contributed by atoms with Crippen LogP contribution >= 0.6 is 0 Å². The zero-order valence-electron chi connectivity index (χ0n) is 17.4. The molecule has 0 atom stereocenters. The predicted molar refractivity (Wildman–Crippen MR) is 111 cm³/mol. The Morgan fingerprint density at radius 2 is 1.83 bits per heavy atom. The van der Waals surface area contributed by atoms with Crippen LogP contribution in [-0.4, -0.2) is 10.8 Å². The van der Waals surface area contributed by atoms with Crippen molar-refractivity contribution >= 4 is 5.71 Å². The van der Waals surface area contributed by atoms with E-state index in [9.17, 15) is 18.3 Å². The number of aryl methyl sites for hydroxylation is 1. The van der Waals surface area contributed by atoms with Crippen LogP contribution in [0.4, 0.5) is 13.2 Å². The minimum Gasteiger partial charge on any atom is -0.392 e. The number of benzene rings is 2. The molecule has 6 heteroatoms. The smallest absolute Gasteiger partial charge is 0.392 e. The maximum absolute atomic E-state index is 13.6. The van der Waals surface area contributed by atoms with E-state index in [1.807, 2.05) is 25.1 Å². The van der Waals surface area contributed by atoms with Crippen molar-refractivity contribution in [1.29, 1.82) is 0 Å². The highest BCUT2D eigenvalue weighted by molar-refractivity contribution is 5.98. The quantitative estimate of drug-likeness (QED) is 0.419. The van der Waals surface area contributed by atoms with Crippen LogP contribution in [0.2, 0.25) is 0 Å². The van der Waals surface area contributed by atoms with Crippen molar-refractivity contribution in [2.45, 2.75) is 71.3 Å². The molecule has 1 aliphatic rings. The third-order valence-corrected chi connectivity index (χ3v) is 5.83. The lowest BCUT2D eigenvalue weighted by Crippen LogP contribution is -2.12. The molecule has 0 bridgehead atoms. The number of oxime groups is 1. The molecule has 3 nitrogen and oxygen atoms in total. The van der Waals surface area contributed by atoms with E-state index < -0.39 is 11.7 Å². The molecule has 2 aromatic carbocycles. The van der Waals surface area contributed by atoms with Crippen molar-refractivity contribution < 1.29 is 23.1 Å². The monoisotopic (exact) mass is 419 g/mol. The highest BCUT2D eigenvalue weighted by atomic mass is 19.4. The van der Waals surface area contributed by atoms with Gasteiger partial charge in [0.1, 0.15) is 6.61 Å². The summed E-state index contributed by atoms with van der Waals surface area (Å²) in [6.45, 7) is 3.75. The molecule has 1 fully saturated rings. The molecule has 0 aromatic heterocycles. The molecule has 0 spiro atoms. The van der Waals surface area contributed by atoms with E-state index in [1.165, 1.54) is 6.07 Å². The van der Waals surface area contributed by atoms with Crippen LogP contribution in [0, 0.1) is 0 Å². The van der Waals surface area contributed by atoms with E-state index in [2.05, 4.69) is 5.16 Å². The number of hydrogen-bond donors (Lipinski definition) is 1. The van der Waals surface area contributed by atoms with Gasteiger partial charge >= 0.3 is 6.18 Å². The predicted octanol–water partition coefficient (Wildman–Crippen LogP) is 6.36. The summed E-state index contributed by atoms with van der Waals surface area (Å²) in [7, 11) is 0. The van der Waals surface area contributed by atoms with Gasteiger partial charge in [-0.25, -0.2) is 0 Å². The molecule has 0 saturated heterocycles. The lowest BCUT2D eigenvalue weighted by molar-refractivity contribution is -0.138. The van der Waals surface area contributed by atoms with Gasteiger partial charge in [-0.3, -0.25) is 0 Å². The van der Waals surface area contributed by atoms with E-state index in [0.717, 1.165) is 48.8 Å². The molecular formula is C24H28F3NO2. The molecule has 0 amide bonds. The van der Waals surface area contributed by atoms with Gasteiger partial charge in [-0.05, 0) is 72.1 Å². The minimum atomic E-state index is -4.38. The average Bonchev–Trinajstić information content (AvgIpc) is 3.27. The van der Waals surface area contributed by atoms with Crippen LogP contribution in [0.5, 0.6) is 0 Å². The van der Waals surface area contributed by atoms with Crippen molar-refractivity contribution in [3.8, 4) is 0 Å². The Bertz CT molecular complexity index is 900. The highest BCUT2D eigenvalue weighted by Gasteiger charge is 2.36. The van der Waals surface area contributed by atoms with Crippen molar-refractivity contribution in [1.82, 2.24) is 0 Å². The average molecular weight is 419 g/mol. The first-order valence-corrected chi connectivity index (χ1v) is 10.4. The topological polar surface area (TPSA) is 41.8 Å². The van der Waals surface area contributed by atoms with Crippen LogP contribution in [0.3, 0.4) is 0 Å². The van der Waals surface area contributed by atoms with Crippen molar-refractivity contribution in [3.63, 3.8) is 0 Å². The third kappa shape index (κ3) is 5.22. The number of aliphatic hydroxyl groups is 1. The molecule has 0 heterocycles. The van der Waals surface area contributed by atoms with Gasteiger partial charge in [0.2, 0.25) is 0 Å². The molecule has 30 heavy (non-hydrogen) atoms. The summed E-state index contributed by atoms with van der Waals surface area (Å²) in [4.78, 5) is 5.37. The molecule has 0 aliphatic heterocycles. The maximum Gasteiger partial charge on any atom is 0.416 e. The number of aliphatic hydroxyl groups excluding tert-OH is 1. The Kier molecular flexibility index (Phi) is 7.19. The van der Waals surface area contributed by atoms with Gasteiger partial charge < -0.3 is 9.94 Å². The van der Waals surface area contributed by atoms with E-state index in [0.29, 0.717) is 16.8 Å². The summed E-state index contributed by atoms with van der Waals surface area (Å²) in [5.41, 5.74) is 3.69. The second-order valence-corrected chi connectivity index (χ2v) is 7.85. The lowest BCUT2D eigenvalue weighted by atomic mass is 9.91. The zero-order chi connectivity index (χ0) is 21.7. The largest absolute Gasteiger partial charge is 0.416 e. The Morgan fingerprint density at radius 1 is 1.10 bits per heavy atom. The minimum absolute atomic E-state index is 0.00786. The SMILES string of the molecule is CCc1cc(/C(C)=N/OCc2ccc(C3CCCC3)c(C(F)(F)F)c2)ccc1CO. The second kappa shape index (κ2) is 9.65. The lowest BCUT2D eigenvalue weighted by Gasteiger charge is -2.18. The van der Waals surface area contributed by atoms with Gasteiger partial charge in [-0.1, -0.05) is 49.2 Å². The molecule has 1 saturated carbocycles. The fraction of sp³-hybridized carbons (Fsp3) is 0.458. The molecule has 1 N–H and O–H groups in total. The summed E-state index contributed by atoms with van der Waals surface area (Å²) < 4.78 is 40.8. The first kappa shape index (κ1) is 22.3. The third-order valence-electron chi connectivity index (χ3n) is 5.83. The van der Waals surface area contributed by atoms with Crippen LogP contribution in [0.15, 0.2) is 41.6 Å². The van der Waals surface area contributed by atoms with Crippen molar-refractivity contribution in [2.75, 3.05) is 0 Å². The van der Waals surface area contributed by atoms with Gasteiger partial charge in [0, 0.05) is 0 Å². The molecular weight excluding hydrogens is 391 g/mol. The highest BCUT2D eigenvalue weighted by Crippen LogP contribution is 2.41. The summed E-state index contributed by atoms with van der Waals surface area (Å²) in [6.07, 6.45) is 0.0116. The Hall–Kier alpha value is -2.34. The number of alkyl halides is 3. The zero-order valence-corrected chi connectivity index (χ0v) is 17.4. The Balaban J connectivity index is 1.73. The van der Waals surface area contributed by atoms with Gasteiger partial charge in [-0.2, -0.15) is 13.2 Å². The summed E-state index contributed by atoms with van der Waals surface area (Å²) in [5.74, 6) is -0.00786. The van der Waals surface area contributed by atoms with Crippen LogP contribution in [0.1, 0.15) is 78.8 Å². The molecule has 2 aromatic rings. The number of halogens is 3. The van der Waals surface area contributed by atoms with E-state index >= 15 is 0 Å². The standard InChI is InChI=1S/C24H28F3NO2/c1-3-18-13-20(9-10-21(18)14-29)16(2)28-30-15-17-8-11-22(19-6-4-5-7-19)23(12-17)24(25,26)27/h8-13,19,29H,3-7,14-15H2,1-2H3/b28-16+. The Morgan fingerprint density at radius 3 is 2.47 bits per heavy atom. The van der Waals surface area contributed by atoms with Crippen LogP contribution < -0.4 is 0 Å². The maximum atomic E-state index is 13.6. The first-order chi connectivity index (χ1) is 14.3. The molecule has 3 rings (SSSR count). The second-order valence-electron chi connectivity index (χ2n) is 7.85. The van der Waals surface area contributed by atoms with Gasteiger partial charge in [0.05, 0.1) is 17.9 Å². The summed E-state index contributed by atoms with van der Waals surface area (Å²) >= 11 is 0. The number of hydrogen-bond acceptors (Lipinski definition) is 3. The molecule has 0 radical (unpaired) electrons. The summed E-state index contributed by atoms with van der Waals surface area (Å²) in [6, 6.07) is 10.2. The van der Waals surface area contributed by atoms with Gasteiger partial charge in [0.15, 0.2) is 0 Å². The molecule has 162 valence electrons.